The summed E-state index contributed by atoms with van der Waals surface area (Å²) >= 11 is 0. The van der Waals surface area contributed by atoms with Crippen LogP contribution in [-0.2, 0) is 12.8 Å². The summed E-state index contributed by atoms with van der Waals surface area (Å²) in [6.45, 7) is 0. The molecule has 0 radical (unpaired) electrons. The molecule has 0 fully saturated rings. The number of fused-ring (bicyclic) bond motifs is 2. The number of ether oxygens (including phenoxy) is 1. The molecule has 190 valence electrons. The van der Waals surface area contributed by atoms with Gasteiger partial charge >= 0.3 is 0 Å². The van der Waals surface area contributed by atoms with E-state index in [4.69, 9.17) is 9.72 Å². The van der Waals surface area contributed by atoms with E-state index in [9.17, 15) is 19.3 Å². The molecule has 0 bridgehead atoms. The van der Waals surface area contributed by atoms with Crippen molar-refractivity contribution >= 4 is 52.0 Å². The summed E-state index contributed by atoms with van der Waals surface area (Å²) in [6, 6.07) is 15.7. The number of amides is 1. The Kier molecular flexibility index (Phi) is 7.54. The zero-order valence-corrected chi connectivity index (χ0v) is 20.7. The van der Waals surface area contributed by atoms with Gasteiger partial charge in [-0.1, -0.05) is 12.1 Å². The van der Waals surface area contributed by atoms with Gasteiger partial charge < -0.3 is 15.4 Å². The SMILES string of the molecule is COc1ccccc1Nc1c2c(nc3ccc(NC(=O)c4cc([N+](=O)[O-])ccc4F)cc13)CCCC2.Cl. The number of benzene rings is 3. The van der Waals surface area contributed by atoms with Gasteiger partial charge in [0.15, 0.2) is 0 Å². The van der Waals surface area contributed by atoms with Crippen LogP contribution < -0.4 is 15.4 Å². The molecule has 1 heterocycles. The van der Waals surface area contributed by atoms with E-state index in [1.165, 1.54) is 0 Å². The van der Waals surface area contributed by atoms with Gasteiger partial charge in [0, 0.05) is 28.9 Å². The predicted molar refractivity (Wildman–Crippen MR) is 143 cm³/mol. The first-order valence-corrected chi connectivity index (χ1v) is 11.6. The van der Waals surface area contributed by atoms with Gasteiger partial charge in [-0.3, -0.25) is 19.9 Å². The maximum Gasteiger partial charge on any atom is 0.270 e. The van der Waals surface area contributed by atoms with Gasteiger partial charge in [0.1, 0.15) is 11.6 Å². The third-order valence-electron chi connectivity index (χ3n) is 6.29. The van der Waals surface area contributed by atoms with Crippen LogP contribution in [0.1, 0.15) is 34.5 Å². The fourth-order valence-corrected chi connectivity index (χ4v) is 4.53. The molecule has 8 nitrogen and oxygen atoms in total. The Labute approximate surface area is 218 Å². The highest BCUT2D eigenvalue weighted by atomic mass is 35.5. The van der Waals surface area contributed by atoms with Crippen molar-refractivity contribution in [3.05, 3.63) is 93.4 Å². The summed E-state index contributed by atoms with van der Waals surface area (Å²) < 4.78 is 19.8. The lowest BCUT2D eigenvalue weighted by Gasteiger charge is -2.23. The number of carbonyl (C=O) groups excluding carboxylic acids is 1. The van der Waals surface area contributed by atoms with Crippen LogP contribution in [0.15, 0.2) is 60.7 Å². The topological polar surface area (TPSA) is 106 Å². The number of rotatable bonds is 6. The number of methoxy groups -OCH3 is 1. The number of halogens is 2. The number of nitrogens with zero attached hydrogens (tertiary/aromatic N) is 2. The number of hydrogen-bond acceptors (Lipinski definition) is 6. The van der Waals surface area contributed by atoms with Crippen LogP contribution in [0.2, 0.25) is 0 Å². The smallest absolute Gasteiger partial charge is 0.270 e. The second-order valence-corrected chi connectivity index (χ2v) is 8.55. The van der Waals surface area contributed by atoms with Crippen LogP contribution in [0.3, 0.4) is 0 Å². The molecule has 1 aliphatic rings. The third kappa shape index (κ3) is 5.17. The third-order valence-corrected chi connectivity index (χ3v) is 6.29. The molecular formula is C27H24ClFN4O4. The summed E-state index contributed by atoms with van der Waals surface area (Å²) in [7, 11) is 1.61. The van der Waals surface area contributed by atoms with Gasteiger partial charge in [0.25, 0.3) is 11.6 Å². The summed E-state index contributed by atoms with van der Waals surface area (Å²) in [5, 5.41) is 18.1. The first-order valence-electron chi connectivity index (χ1n) is 11.6. The standard InChI is InChI=1S/C27H23FN4O4.ClH/c1-36-25-9-5-4-8-24(25)31-26-18-6-2-3-7-22(18)30-23-13-10-16(14-20(23)26)29-27(33)19-15-17(32(34)35)11-12-21(19)28;/h4-5,8-15H,2-3,6-7H2,1H3,(H,29,33)(H,30,31);1H. The van der Waals surface area contributed by atoms with Crippen LogP contribution in [0.4, 0.5) is 27.1 Å². The lowest BCUT2D eigenvalue weighted by molar-refractivity contribution is -0.384. The molecule has 2 N–H and O–H groups in total. The average Bonchev–Trinajstić information content (AvgIpc) is 2.89. The summed E-state index contributed by atoms with van der Waals surface area (Å²) in [5.41, 5.74) is 4.26. The molecule has 0 atom stereocenters. The van der Waals surface area contributed by atoms with Gasteiger partial charge in [-0.2, -0.15) is 0 Å². The van der Waals surface area contributed by atoms with Crippen LogP contribution in [0, 0.1) is 15.9 Å². The van der Waals surface area contributed by atoms with E-state index in [2.05, 4.69) is 10.6 Å². The van der Waals surface area contributed by atoms with Crippen molar-refractivity contribution in [2.45, 2.75) is 25.7 Å². The van der Waals surface area contributed by atoms with Gasteiger partial charge in [-0.05, 0) is 67.6 Å². The molecule has 0 spiro atoms. The Morgan fingerprint density at radius 3 is 2.65 bits per heavy atom. The molecule has 37 heavy (non-hydrogen) atoms. The monoisotopic (exact) mass is 522 g/mol. The molecule has 0 saturated carbocycles. The fourth-order valence-electron chi connectivity index (χ4n) is 4.53. The fraction of sp³-hybridized carbons (Fsp3) is 0.185. The molecule has 1 aromatic heterocycles. The molecule has 0 unspecified atom stereocenters. The molecule has 4 aromatic rings. The van der Waals surface area contributed by atoms with Crippen molar-refractivity contribution in [2.75, 3.05) is 17.7 Å². The van der Waals surface area contributed by atoms with E-state index in [0.29, 0.717) is 11.4 Å². The minimum Gasteiger partial charge on any atom is -0.495 e. The van der Waals surface area contributed by atoms with E-state index < -0.39 is 22.2 Å². The molecule has 0 aliphatic heterocycles. The number of para-hydroxylation sites is 2. The second kappa shape index (κ2) is 10.8. The molecule has 10 heteroatoms. The Morgan fingerprint density at radius 2 is 1.86 bits per heavy atom. The number of aromatic nitrogens is 1. The molecule has 0 saturated heterocycles. The number of carbonyl (C=O) groups is 1. The number of anilines is 3. The largest absolute Gasteiger partial charge is 0.495 e. The Balaban J connectivity index is 0.00000320. The molecule has 5 rings (SSSR count). The Bertz CT molecular complexity index is 1510. The van der Waals surface area contributed by atoms with Crippen molar-refractivity contribution in [3.8, 4) is 5.75 Å². The number of pyridine rings is 1. The Morgan fingerprint density at radius 1 is 1.08 bits per heavy atom. The summed E-state index contributed by atoms with van der Waals surface area (Å²) in [4.78, 5) is 28.1. The number of nitro groups is 1. The lowest BCUT2D eigenvalue weighted by Crippen LogP contribution is -2.14. The second-order valence-electron chi connectivity index (χ2n) is 8.55. The quantitative estimate of drug-likeness (QED) is 0.218. The van der Waals surface area contributed by atoms with Gasteiger partial charge in [-0.15, -0.1) is 12.4 Å². The first kappa shape index (κ1) is 25.8. The highest BCUT2D eigenvalue weighted by molar-refractivity contribution is 6.06. The number of aryl methyl sites for hydroxylation is 1. The average molecular weight is 523 g/mol. The first-order chi connectivity index (χ1) is 17.4. The van der Waals surface area contributed by atoms with Crippen LogP contribution in [0.25, 0.3) is 10.9 Å². The Hall–Kier alpha value is -4.24. The van der Waals surface area contributed by atoms with Crippen molar-refractivity contribution < 1.29 is 18.8 Å². The van der Waals surface area contributed by atoms with Gasteiger partial charge in [0.05, 0.1) is 34.5 Å². The van der Waals surface area contributed by atoms with Crippen molar-refractivity contribution in [3.63, 3.8) is 0 Å². The number of nitrogens with one attached hydrogen (secondary N) is 2. The van der Waals surface area contributed by atoms with E-state index in [0.717, 1.165) is 77.4 Å². The van der Waals surface area contributed by atoms with Crippen LogP contribution >= 0.6 is 12.4 Å². The van der Waals surface area contributed by atoms with Gasteiger partial charge in [-0.25, -0.2) is 4.39 Å². The van der Waals surface area contributed by atoms with Crippen LogP contribution in [0.5, 0.6) is 5.75 Å². The van der Waals surface area contributed by atoms with Crippen LogP contribution in [-0.4, -0.2) is 22.9 Å². The van der Waals surface area contributed by atoms with E-state index >= 15 is 0 Å². The summed E-state index contributed by atoms with van der Waals surface area (Å²) in [6.07, 6.45) is 3.87. The minimum atomic E-state index is -0.840. The zero-order valence-electron chi connectivity index (χ0n) is 19.9. The van der Waals surface area contributed by atoms with E-state index in [1.54, 1.807) is 25.3 Å². The van der Waals surface area contributed by atoms with E-state index in [1.807, 2.05) is 24.3 Å². The van der Waals surface area contributed by atoms with Crippen molar-refractivity contribution in [1.82, 2.24) is 4.98 Å². The predicted octanol–water partition coefficient (Wildman–Crippen LogP) is 6.59. The highest BCUT2D eigenvalue weighted by Crippen LogP contribution is 2.38. The van der Waals surface area contributed by atoms with Crippen molar-refractivity contribution in [2.24, 2.45) is 0 Å². The van der Waals surface area contributed by atoms with E-state index in [-0.39, 0.29) is 18.1 Å². The maximum absolute atomic E-state index is 14.3. The summed E-state index contributed by atoms with van der Waals surface area (Å²) in [5.74, 6) is -0.925. The molecule has 1 amide bonds. The minimum absolute atomic E-state index is 0. The molecule has 3 aromatic carbocycles. The number of nitro benzene ring substituents is 1. The number of non-ortho nitro benzene ring substituents is 1. The lowest BCUT2D eigenvalue weighted by atomic mass is 9.92. The molecule has 1 aliphatic carbocycles. The number of hydrogen-bond donors (Lipinski definition) is 2. The zero-order chi connectivity index (χ0) is 25.2. The molecular weight excluding hydrogens is 499 g/mol. The normalized spacial score (nSPS) is 12.3. The highest BCUT2D eigenvalue weighted by Gasteiger charge is 2.21. The van der Waals surface area contributed by atoms with Gasteiger partial charge in [0.2, 0.25) is 0 Å². The maximum atomic E-state index is 14.3. The van der Waals surface area contributed by atoms with Crippen molar-refractivity contribution in [1.29, 1.82) is 0 Å².